The molecule has 0 aromatic carbocycles. The Labute approximate surface area is 68.3 Å². The molecule has 0 amide bonds. The van der Waals surface area contributed by atoms with Crippen molar-refractivity contribution in [1.82, 2.24) is 19.2 Å². The van der Waals surface area contributed by atoms with Crippen molar-refractivity contribution >= 4 is 5.78 Å². The summed E-state index contributed by atoms with van der Waals surface area (Å²) in [6.07, 6.45) is 1.59. The summed E-state index contributed by atoms with van der Waals surface area (Å²) in [5.41, 5.74) is 0.783. The van der Waals surface area contributed by atoms with Gasteiger partial charge in [-0.25, -0.2) is 0 Å². The predicted octanol–water partition coefficient (Wildman–Crippen LogP) is -0.264. The Morgan fingerprint density at radius 1 is 1.50 bits per heavy atom. The molecule has 0 aliphatic rings. The maximum absolute atomic E-state index is 11.2. The van der Waals surface area contributed by atoms with E-state index in [0.717, 1.165) is 5.69 Å². The molecule has 12 heavy (non-hydrogen) atoms. The Bertz CT molecular complexity index is 482. The van der Waals surface area contributed by atoms with Crippen LogP contribution in [-0.2, 0) is 7.05 Å². The van der Waals surface area contributed by atoms with Gasteiger partial charge in [0.2, 0.25) is 5.78 Å². The molecule has 2 aromatic heterocycles. The van der Waals surface area contributed by atoms with Crippen molar-refractivity contribution in [2.75, 3.05) is 0 Å². The van der Waals surface area contributed by atoms with Gasteiger partial charge in [-0.15, -0.1) is 10.2 Å². The molecule has 0 N–H and O–H groups in total. The number of nitrogens with zero attached hydrogens (tertiary/aromatic N) is 4. The number of fused-ring (bicyclic) bond motifs is 1. The topological polar surface area (TPSA) is 52.2 Å². The summed E-state index contributed by atoms with van der Waals surface area (Å²) in [6.45, 7) is 1.84. The summed E-state index contributed by atoms with van der Waals surface area (Å²) in [5.74, 6) is 0.569. The van der Waals surface area contributed by atoms with Gasteiger partial charge in [-0.05, 0) is 6.92 Å². The average Bonchev–Trinajstić information content (AvgIpc) is 2.48. The normalized spacial score (nSPS) is 10.8. The van der Waals surface area contributed by atoms with Crippen LogP contribution in [0.15, 0.2) is 17.2 Å². The second-order valence-electron chi connectivity index (χ2n) is 2.68. The Morgan fingerprint density at radius 2 is 2.25 bits per heavy atom. The van der Waals surface area contributed by atoms with Gasteiger partial charge in [-0.3, -0.25) is 13.8 Å². The molecule has 0 bridgehead atoms. The lowest BCUT2D eigenvalue weighted by molar-refractivity contribution is 0.827. The lowest BCUT2D eigenvalue weighted by atomic mass is 10.4. The van der Waals surface area contributed by atoms with Crippen LogP contribution in [0.4, 0.5) is 0 Å². The van der Waals surface area contributed by atoms with Crippen LogP contribution in [0.5, 0.6) is 0 Å². The van der Waals surface area contributed by atoms with Crippen molar-refractivity contribution < 1.29 is 0 Å². The minimum atomic E-state index is -0.0620. The molecular formula is C7H8N4O. The Hall–Kier alpha value is -1.65. The molecule has 0 aliphatic heterocycles. The van der Waals surface area contributed by atoms with E-state index in [9.17, 15) is 4.79 Å². The molecule has 0 fully saturated rings. The highest BCUT2D eigenvalue weighted by Gasteiger charge is 2.02. The molecule has 62 valence electrons. The molecule has 2 heterocycles. The summed E-state index contributed by atoms with van der Waals surface area (Å²) < 4.78 is 3.22. The highest BCUT2D eigenvalue weighted by molar-refractivity contribution is 5.28. The quantitative estimate of drug-likeness (QED) is 0.539. The van der Waals surface area contributed by atoms with Crippen molar-refractivity contribution in [2.24, 2.45) is 7.05 Å². The SMILES string of the molecule is Cc1cc(=O)n(C)c2nncn12. The van der Waals surface area contributed by atoms with Crippen molar-refractivity contribution in [3.8, 4) is 0 Å². The van der Waals surface area contributed by atoms with E-state index >= 15 is 0 Å². The standard InChI is InChI=1S/C7H8N4O/c1-5-3-6(12)10(2)7-9-8-4-11(5)7/h3-4H,1-2H3. The third-order valence-corrected chi connectivity index (χ3v) is 1.87. The van der Waals surface area contributed by atoms with E-state index in [-0.39, 0.29) is 5.56 Å². The van der Waals surface area contributed by atoms with Gasteiger partial charge in [-0.1, -0.05) is 0 Å². The van der Waals surface area contributed by atoms with Crippen LogP contribution in [0.25, 0.3) is 5.78 Å². The molecule has 0 saturated carbocycles. The first kappa shape index (κ1) is 7.02. The van der Waals surface area contributed by atoms with Crippen molar-refractivity contribution in [1.29, 1.82) is 0 Å². The average molecular weight is 164 g/mol. The fourth-order valence-corrected chi connectivity index (χ4v) is 1.15. The van der Waals surface area contributed by atoms with E-state index in [1.54, 1.807) is 23.8 Å². The van der Waals surface area contributed by atoms with Crippen molar-refractivity contribution in [3.63, 3.8) is 0 Å². The molecule has 2 rings (SSSR count). The number of hydrogen-bond donors (Lipinski definition) is 0. The van der Waals surface area contributed by atoms with Gasteiger partial charge in [0, 0.05) is 18.8 Å². The summed E-state index contributed by atoms with van der Waals surface area (Å²) in [4.78, 5) is 11.2. The highest BCUT2D eigenvalue weighted by atomic mass is 16.1. The molecule has 0 atom stereocenters. The van der Waals surface area contributed by atoms with Gasteiger partial charge in [-0.2, -0.15) is 0 Å². The largest absolute Gasteiger partial charge is 0.280 e. The van der Waals surface area contributed by atoms with Crippen LogP contribution in [0.2, 0.25) is 0 Å². The first-order chi connectivity index (χ1) is 5.70. The van der Waals surface area contributed by atoms with Gasteiger partial charge in [0.25, 0.3) is 5.56 Å². The second kappa shape index (κ2) is 2.17. The Balaban J connectivity index is 3.07. The fraction of sp³-hybridized carbons (Fsp3) is 0.286. The molecule has 2 aromatic rings. The number of aryl methyl sites for hydroxylation is 2. The first-order valence-corrected chi connectivity index (χ1v) is 3.56. The van der Waals surface area contributed by atoms with Gasteiger partial charge in [0.1, 0.15) is 6.33 Å². The van der Waals surface area contributed by atoms with Gasteiger partial charge < -0.3 is 0 Å². The lowest BCUT2D eigenvalue weighted by Crippen LogP contribution is -2.19. The minimum Gasteiger partial charge on any atom is -0.280 e. The summed E-state index contributed by atoms with van der Waals surface area (Å²) in [6, 6.07) is 1.55. The molecule has 0 radical (unpaired) electrons. The minimum absolute atomic E-state index is 0.0620. The zero-order valence-electron chi connectivity index (χ0n) is 6.85. The maximum Gasteiger partial charge on any atom is 0.254 e. The highest BCUT2D eigenvalue weighted by Crippen LogP contribution is 1.97. The lowest BCUT2D eigenvalue weighted by Gasteiger charge is -2.01. The number of hydrogen-bond acceptors (Lipinski definition) is 3. The molecule has 0 saturated heterocycles. The van der Waals surface area contributed by atoms with Crippen LogP contribution in [-0.4, -0.2) is 19.2 Å². The number of rotatable bonds is 0. The monoisotopic (exact) mass is 164 g/mol. The van der Waals surface area contributed by atoms with Crippen LogP contribution in [0.3, 0.4) is 0 Å². The van der Waals surface area contributed by atoms with Gasteiger partial charge in [0.15, 0.2) is 0 Å². The van der Waals surface area contributed by atoms with E-state index in [2.05, 4.69) is 10.2 Å². The smallest absolute Gasteiger partial charge is 0.254 e. The van der Waals surface area contributed by atoms with E-state index < -0.39 is 0 Å². The van der Waals surface area contributed by atoms with E-state index in [1.807, 2.05) is 6.92 Å². The maximum atomic E-state index is 11.2. The van der Waals surface area contributed by atoms with Crippen LogP contribution in [0.1, 0.15) is 5.69 Å². The van der Waals surface area contributed by atoms with E-state index in [1.165, 1.54) is 4.57 Å². The zero-order chi connectivity index (χ0) is 8.72. The third-order valence-electron chi connectivity index (χ3n) is 1.87. The summed E-state index contributed by atoms with van der Waals surface area (Å²) in [7, 11) is 1.67. The Morgan fingerprint density at radius 3 is 3.00 bits per heavy atom. The fourth-order valence-electron chi connectivity index (χ4n) is 1.15. The van der Waals surface area contributed by atoms with Gasteiger partial charge in [0.05, 0.1) is 0 Å². The molecule has 5 heteroatoms. The first-order valence-electron chi connectivity index (χ1n) is 3.56. The van der Waals surface area contributed by atoms with Crippen LogP contribution >= 0.6 is 0 Å². The Kier molecular flexibility index (Phi) is 1.27. The summed E-state index contributed by atoms with van der Waals surface area (Å²) in [5, 5.41) is 7.53. The molecule has 0 aliphatic carbocycles. The van der Waals surface area contributed by atoms with Crippen LogP contribution in [0, 0.1) is 6.92 Å². The zero-order valence-corrected chi connectivity index (χ0v) is 6.85. The molecule has 5 nitrogen and oxygen atoms in total. The van der Waals surface area contributed by atoms with Crippen molar-refractivity contribution in [3.05, 3.63) is 28.4 Å². The predicted molar refractivity (Wildman–Crippen MR) is 43.0 cm³/mol. The summed E-state index contributed by atoms with van der Waals surface area (Å²) >= 11 is 0. The van der Waals surface area contributed by atoms with Crippen LogP contribution < -0.4 is 5.56 Å². The molecular weight excluding hydrogens is 156 g/mol. The van der Waals surface area contributed by atoms with Crippen molar-refractivity contribution in [2.45, 2.75) is 6.92 Å². The second-order valence-corrected chi connectivity index (χ2v) is 2.68. The van der Waals surface area contributed by atoms with E-state index in [4.69, 9.17) is 0 Å². The van der Waals surface area contributed by atoms with Gasteiger partial charge >= 0.3 is 0 Å². The number of aromatic nitrogens is 4. The van der Waals surface area contributed by atoms with E-state index in [0.29, 0.717) is 5.78 Å². The third kappa shape index (κ3) is 0.761. The molecule has 0 unspecified atom stereocenters. The molecule has 0 spiro atoms.